The maximum absolute atomic E-state index is 11.5. The van der Waals surface area contributed by atoms with Crippen LogP contribution >= 0.6 is 0 Å². The normalized spacial score (nSPS) is 13.8. The number of hydrogen-bond acceptors (Lipinski definition) is 4. The van der Waals surface area contributed by atoms with Crippen LogP contribution < -0.4 is 29.6 Å². The molecule has 6 heteroatoms. The summed E-state index contributed by atoms with van der Waals surface area (Å²) in [5, 5.41) is 9.11. The average Bonchev–Trinajstić information content (AvgIpc) is 2.64. The topological polar surface area (TPSA) is 77.4 Å². The molecule has 0 rings (SSSR count). The second-order valence-electron chi connectivity index (χ2n) is 8.52. The third kappa shape index (κ3) is 21.9. The van der Waals surface area contributed by atoms with E-state index in [2.05, 4.69) is 13.8 Å². The van der Waals surface area contributed by atoms with E-state index in [1.165, 1.54) is 44.9 Å². The molecule has 0 spiro atoms. The van der Waals surface area contributed by atoms with Gasteiger partial charge in [0.15, 0.2) is 0 Å². The van der Waals surface area contributed by atoms with Gasteiger partial charge < -0.3 is 9.66 Å². The van der Waals surface area contributed by atoms with Crippen LogP contribution in [0, 0.1) is 0 Å². The fourth-order valence-corrected chi connectivity index (χ4v) is 4.72. The first-order chi connectivity index (χ1) is 13.4. The summed E-state index contributed by atoms with van der Waals surface area (Å²) in [6, 6.07) is 0. The van der Waals surface area contributed by atoms with Crippen LogP contribution in [0.4, 0.5) is 0 Å². The van der Waals surface area contributed by atoms with E-state index in [-0.39, 0.29) is 35.7 Å². The summed E-state index contributed by atoms with van der Waals surface area (Å²) in [4.78, 5) is 0. The van der Waals surface area contributed by atoms with Crippen LogP contribution in [-0.2, 0) is 10.1 Å². The van der Waals surface area contributed by atoms with Crippen molar-refractivity contribution in [3.05, 3.63) is 0 Å². The maximum Gasteiger partial charge on any atom is 1.00 e. The standard InChI is InChI=1S/C23H48O4S.Na/c1-3-5-7-8-9-10-11-12-13-16-20-23(28(25,26)27)21-17-14-15-19-22(24)18-6-4-2;/h22-24H,3-21H2,1-2H3,(H,25,26,27);/q;+1/p-1. The Hall–Kier alpha value is 0.870. The molecule has 0 fully saturated rings. The molecule has 0 aromatic heterocycles. The zero-order chi connectivity index (χ0) is 21.1. The summed E-state index contributed by atoms with van der Waals surface area (Å²) in [6.07, 6.45) is 19.3. The summed E-state index contributed by atoms with van der Waals surface area (Å²) >= 11 is 0. The van der Waals surface area contributed by atoms with E-state index in [0.717, 1.165) is 64.2 Å². The van der Waals surface area contributed by atoms with Gasteiger partial charge in [0.25, 0.3) is 0 Å². The molecule has 1 N–H and O–H groups in total. The van der Waals surface area contributed by atoms with E-state index in [9.17, 15) is 18.1 Å². The van der Waals surface area contributed by atoms with Crippen molar-refractivity contribution in [2.24, 2.45) is 0 Å². The second-order valence-corrected chi connectivity index (χ2v) is 10.2. The Morgan fingerprint density at radius 1 is 0.621 bits per heavy atom. The van der Waals surface area contributed by atoms with Crippen molar-refractivity contribution in [2.75, 3.05) is 0 Å². The molecule has 0 aromatic rings. The third-order valence-corrected chi connectivity index (χ3v) is 7.03. The molecule has 0 bridgehead atoms. The summed E-state index contributed by atoms with van der Waals surface area (Å²) in [7, 11) is -4.19. The van der Waals surface area contributed by atoms with Gasteiger partial charge in [0.05, 0.1) is 16.2 Å². The predicted octanol–water partition coefficient (Wildman–Crippen LogP) is 3.72. The molecule has 2 atom stereocenters. The van der Waals surface area contributed by atoms with E-state index in [1.54, 1.807) is 0 Å². The van der Waals surface area contributed by atoms with Gasteiger partial charge in [-0.1, -0.05) is 110 Å². The summed E-state index contributed by atoms with van der Waals surface area (Å²) < 4.78 is 34.6. The number of aliphatic hydroxyl groups is 1. The van der Waals surface area contributed by atoms with Crippen LogP contribution in [0.5, 0.6) is 0 Å². The SMILES string of the molecule is CCCCCCCCCCCCC(CCCCCC(O)CCCC)S(=O)(=O)[O-].[Na+]. The molecule has 0 saturated carbocycles. The Bertz CT molecular complexity index is 429. The van der Waals surface area contributed by atoms with E-state index in [4.69, 9.17) is 0 Å². The van der Waals surface area contributed by atoms with Crippen LogP contribution in [0.2, 0.25) is 0 Å². The molecule has 0 aliphatic heterocycles. The zero-order valence-electron chi connectivity index (χ0n) is 19.7. The molecular weight excluding hydrogens is 395 g/mol. The van der Waals surface area contributed by atoms with Gasteiger partial charge in [0, 0.05) is 5.25 Å². The molecule has 2 unspecified atom stereocenters. The van der Waals surface area contributed by atoms with Crippen molar-refractivity contribution in [3.63, 3.8) is 0 Å². The smallest absolute Gasteiger partial charge is 0.748 e. The monoisotopic (exact) mass is 442 g/mol. The zero-order valence-corrected chi connectivity index (χ0v) is 22.5. The van der Waals surface area contributed by atoms with Crippen LogP contribution in [0.15, 0.2) is 0 Å². The van der Waals surface area contributed by atoms with Crippen molar-refractivity contribution in [2.45, 2.75) is 147 Å². The van der Waals surface area contributed by atoms with Crippen molar-refractivity contribution in [1.82, 2.24) is 0 Å². The Kier molecular flexibility index (Phi) is 24.4. The fraction of sp³-hybridized carbons (Fsp3) is 1.00. The molecule has 170 valence electrons. The van der Waals surface area contributed by atoms with Gasteiger partial charge in [0.2, 0.25) is 0 Å². The van der Waals surface area contributed by atoms with Crippen molar-refractivity contribution >= 4 is 10.1 Å². The van der Waals surface area contributed by atoms with E-state index in [1.807, 2.05) is 0 Å². The van der Waals surface area contributed by atoms with Gasteiger partial charge in [-0.05, 0) is 25.7 Å². The second kappa shape index (κ2) is 22.1. The third-order valence-electron chi connectivity index (χ3n) is 5.74. The molecule has 0 radical (unpaired) electrons. The largest absolute Gasteiger partial charge is 1.00 e. The van der Waals surface area contributed by atoms with Gasteiger partial charge in [-0.25, -0.2) is 8.42 Å². The van der Waals surface area contributed by atoms with Gasteiger partial charge in [-0.15, -0.1) is 0 Å². The van der Waals surface area contributed by atoms with Crippen LogP contribution in [0.25, 0.3) is 0 Å². The molecule has 0 aliphatic rings. The first-order valence-electron chi connectivity index (χ1n) is 12.0. The Morgan fingerprint density at radius 3 is 1.41 bits per heavy atom. The molecule has 29 heavy (non-hydrogen) atoms. The molecule has 0 aliphatic carbocycles. The van der Waals surface area contributed by atoms with Gasteiger partial charge in [-0.3, -0.25) is 0 Å². The minimum absolute atomic E-state index is 0. The maximum atomic E-state index is 11.5. The van der Waals surface area contributed by atoms with Crippen molar-refractivity contribution in [1.29, 1.82) is 0 Å². The average molecular weight is 443 g/mol. The molecule has 0 saturated heterocycles. The van der Waals surface area contributed by atoms with Gasteiger partial charge in [0.1, 0.15) is 0 Å². The van der Waals surface area contributed by atoms with Crippen LogP contribution in [0.1, 0.15) is 136 Å². The molecule has 0 amide bonds. The molecule has 4 nitrogen and oxygen atoms in total. The van der Waals surface area contributed by atoms with E-state index in [0.29, 0.717) is 12.8 Å². The summed E-state index contributed by atoms with van der Waals surface area (Å²) in [5.41, 5.74) is 0. The Morgan fingerprint density at radius 2 is 0.966 bits per heavy atom. The number of aliphatic hydroxyl groups excluding tert-OH is 1. The van der Waals surface area contributed by atoms with Crippen LogP contribution in [-0.4, -0.2) is 29.4 Å². The number of rotatable bonds is 21. The summed E-state index contributed by atoms with van der Waals surface area (Å²) in [5.74, 6) is 0. The quantitative estimate of drug-likeness (QED) is 0.167. The molecule has 0 heterocycles. The molecule has 0 aromatic carbocycles. The number of hydrogen-bond donors (Lipinski definition) is 1. The Balaban J connectivity index is 0. The predicted molar refractivity (Wildman–Crippen MR) is 119 cm³/mol. The molecular formula is C23H47NaO4S. The Labute approximate surface area is 204 Å². The van der Waals surface area contributed by atoms with Gasteiger partial charge in [-0.2, -0.15) is 0 Å². The fourth-order valence-electron chi connectivity index (χ4n) is 3.81. The van der Waals surface area contributed by atoms with Gasteiger partial charge >= 0.3 is 29.6 Å². The van der Waals surface area contributed by atoms with Crippen molar-refractivity contribution in [3.8, 4) is 0 Å². The number of unbranched alkanes of at least 4 members (excludes halogenated alkanes) is 12. The van der Waals surface area contributed by atoms with E-state index >= 15 is 0 Å². The van der Waals surface area contributed by atoms with E-state index < -0.39 is 15.4 Å². The van der Waals surface area contributed by atoms with Crippen molar-refractivity contribution < 1.29 is 47.6 Å². The van der Waals surface area contributed by atoms with Crippen LogP contribution in [0.3, 0.4) is 0 Å². The minimum atomic E-state index is -4.19. The first kappa shape index (κ1) is 32.1. The summed E-state index contributed by atoms with van der Waals surface area (Å²) in [6.45, 7) is 4.35. The first-order valence-corrected chi connectivity index (χ1v) is 13.5. The minimum Gasteiger partial charge on any atom is -0.748 e.